The van der Waals surface area contributed by atoms with Crippen LogP contribution in [0.3, 0.4) is 0 Å². The zero-order valence-corrected chi connectivity index (χ0v) is 16.1. The maximum Gasteiger partial charge on any atom is 0.308 e. The monoisotopic (exact) mass is 384 g/mol. The molecule has 1 saturated heterocycles. The van der Waals surface area contributed by atoms with E-state index in [0.29, 0.717) is 36.1 Å². The molecule has 0 saturated carbocycles. The normalized spacial score (nSPS) is 17.0. The van der Waals surface area contributed by atoms with Crippen LogP contribution in [0.2, 0.25) is 5.02 Å². The first kappa shape index (κ1) is 20.3. The molecule has 1 aliphatic rings. The van der Waals surface area contributed by atoms with E-state index in [2.05, 4.69) is 0 Å². The Morgan fingerprint density at radius 2 is 2.15 bits per heavy atom. The van der Waals surface area contributed by atoms with Crippen molar-refractivity contribution in [3.63, 3.8) is 0 Å². The van der Waals surface area contributed by atoms with E-state index < -0.39 is 11.9 Å². The van der Waals surface area contributed by atoms with Gasteiger partial charge in [-0.1, -0.05) is 11.6 Å². The fourth-order valence-corrected chi connectivity index (χ4v) is 3.09. The van der Waals surface area contributed by atoms with E-state index in [4.69, 9.17) is 26.2 Å². The number of carboxylic acid groups (broad SMARTS) is 1. The number of likely N-dealkylation sites (tertiary alicyclic amines) is 1. The summed E-state index contributed by atoms with van der Waals surface area (Å²) in [5.74, 6) is -0.623. The highest BCUT2D eigenvalue weighted by Gasteiger charge is 2.33. The van der Waals surface area contributed by atoms with Crippen LogP contribution >= 0.6 is 11.6 Å². The Bertz CT molecular complexity index is 665. The van der Waals surface area contributed by atoms with Gasteiger partial charge in [0.15, 0.2) is 11.5 Å². The van der Waals surface area contributed by atoms with Crippen LogP contribution in [0.4, 0.5) is 0 Å². The third-order valence-electron chi connectivity index (χ3n) is 4.31. The Morgan fingerprint density at radius 3 is 2.73 bits per heavy atom. The topological polar surface area (TPSA) is 79.3 Å². The van der Waals surface area contributed by atoms with Gasteiger partial charge in [-0.05, 0) is 38.2 Å². The summed E-state index contributed by atoms with van der Waals surface area (Å²) in [6.45, 7) is 1.94. The van der Waals surface area contributed by atoms with Gasteiger partial charge in [-0.15, -0.1) is 0 Å². The van der Waals surface area contributed by atoms with Gasteiger partial charge in [0.25, 0.3) is 0 Å². The lowest BCUT2D eigenvalue weighted by atomic mass is 10.1. The molecule has 1 unspecified atom stereocenters. The Balaban J connectivity index is 2.01. The first-order valence-corrected chi connectivity index (χ1v) is 8.84. The molecule has 1 atom stereocenters. The SMILES string of the molecule is COc1cc(CCN2CC(C(=O)O)CC2=O)cc(Cl)c1OCCN(C)C. The zero-order valence-electron chi connectivity index (χ0n) is 15.3. The minimum absolute atomic E-state index is 0.0675. The predicted octanol–water partition coefficient (Wildman–Crippen LogP) is 1.76. The van der Waals surface area contributed by atoms with Crippen LogP contribution in [0, 0.1) is 5.92 Å². The third-order valence-corrected chi connectivity index (χ3v) is 4.59. The first-order valence-electron chi connectivity index (χ1n) is 8.46. The molecule has 0 radical (unpaired) electrons. The highest BCUT2D eigenvalue weighted by atomic mass is 35.5. The fourth-order valence-electron chi connectivity index (χ4n) is 2.81. The summed E-state index contributed by atoms with van der Waals surface area (Å²) in [7, 11) is 5.47. The van der Waals surface area contributed by atoms with Crippen molar-refractivity contribution in [1.82, 2.24) is 9.80 Å². The standard InChI is InChI=1S/C18H25ClN2O5/c1-20(2)6-7-26-17-14(19)8-12(9-15(17)25-3)4-5-21-11-13(18(23)24)10-16(21)22/h8-9,13H,4-7,10-11H2,1-3H3,(H,23,24). The number of halogens is 1. The second kappa shape index (κ2) is 9.09. The summed E-state index contributed by atoms with van der Waals surface area (Å²) in [4.78, 5) is 26.5. The number of carbonyl (C=O) groups excluding carboxylic acids is 1. The number of hydrogen-bond donors (Lipinski definition) is 1. The minimum Gasteiger partial charge on any atom is -0.493 e. The van der Waals surface area contributed by atoms with E-state index in [1.165, 1.54) is 0 Å². The van der Waals surface area contributed by atoms with Gasteiger partial charge in [0.05, 0.1) is 18.1 Å². The van der Waals surface area contributed by atoms with Crippen LogP contribution in [0.25, 0.3) is 0 Å². The number of benzene rings is 1. The van der Waals surface area contributed by atoms with Crippen molar-refractivity contribution in [1.29, 1.82) is 0 Å². The Morgan fingerprint density at radius 1 is 1.42 bits per heavy atom. The average molecular weight is 385 g/mol. The predicted molar refractivity (Wildman–Crippen MR) is 98.1 cm³/mol. The lowest BCUT2D eigenvalue weighted by Gasteiger charge is -2.18. The highest BCUT2D eigenvalue weighted by Crippen LogP contribution is 2.36. The van der Waals surface area contributed by atoms with Gasteiger partial charge in [-0.3, -0.25) is 9.59 Å². The van der Waals surface area contributed by atoms with E-state index in [9.17, 15) is 9.59 Å². The maximum atomic E-state index is 11.9. The maximum absolute atomic E-state index is 11.9. The van der Waals surface area contributed by atoms with Crippen molar-refractivity contribution >= 4 is 23.5 Å². The fraction of sp³-hybridized carbons (Fsp3) is 0.556. The third kappa shape index (κ3) is 5.25. The number of carboxylic acids is 1. The minimum atomic E-state index is -0.926. The molecule has 0 aliphatic carbocycles. The number of amides is 1. The molecule has 1 heterocycles. The number of rotatable bonds is 9. The van der Waals surface area contributed by atoms with Crippen molar-refractivity contribution in [2.24, 2.45) is 5.92 Å². The lowest BCUT2D eigenvalue weighted by Crippen LogP contribution is -2.28. The van der Waals surface area contributed by atoms with Gasteiger partial charge < -0.3 is 24.4 Å². The van der Waals surface area contributed by atoms with Crippen molar-refractivity contribution in [2.75, 3.05) is 47.4 Å². The van der Waals surface area contributed by atoms with Crippen molar-refractivity contribution in [2.45, 2.75) is 12.8 Å². The van der Waals surface area contributed by atoms with E-state index in [0.717, 1.165) is 12.1 Å². The molecule has 1 N–H and O–H groups in total. The van der Waals surface area contributed by atoms with Crippen LogP contribution in [0.1, 0.15) is 12.0 Å². The van der Waals surface area contributed by atoms with E-state index in [1.807, 2.05) is 25.1 Å². The quantitative estimate of drug-likeness (QED) is 0.699. The van der Waals surface area contributed by atoms with Gasteiger partial charge in [0, 0.05) is 26.1 Å². The van der Waals surface area contributed by atoms with Crippen LogP contribution < -0.4 is 9.47 Å². The van der Waals surface area contributed by atoms with E-state index in [-0.39, 0.29) is 18.9 Å². The van der Waals surface area contributed by atoms with Crippen molar-refractivity contribution in [3.05, 3.63) is 22.7 Å². The molecule has 1 fully saturated rings. The second-order valence-electron chi connectivity index (χ2n) is 6.59. The average Bonchev–Trinajstić information content (AvgIpc) is 2.95. The van der Waals surface area contributed by atoms with Gasteiger partial charge >= 0.3 is 5.97 Å². The molecule has 0 aromatic heterocycles. The number of likely N-dealkylation sites (N-methyl/N-ethyl adjacent to an activating group) is 1. The summed E-state index contributed by atoms with van der Waals surface area (Å²) in [5.41, 5.74) is 0.901. The van der Waals surface area contributed by atoms with Gasteiger partial charge in [0.2, 0.25) is 5.91 Å². The molecular formula is C18H25ClN2O5. The van der Waals surface area contributed by atoms with Crippen LogP contribution in [-0.2, 0) is 16.0 Å². The molecule has 7 nitrogen and oxygen atoms in total. The number of carbonyl (C=O) groups is 2. The Kier molecular flexibility index (Phi) is 7.11. The second-order valence-corrected chi connectivity index (χ2v) is 7.00. The Hall–Kier alpha value is -1.99. The number of nitrogens with zero attached hydrogens (tertiary/aromatic N) is 2. The summed E-state index contributed by atoms with van der Waals surface area (Å²) >= 11 is 6.34. The van der Waals surface area contributed by atoms with Crippen LogP contribution in [-0.4, -0.2) is 74.2 Å². The van der Waals surface area contributed by atoms with Crippen molar-refractivity contribution < 1.29 is 24.2 Å². The smallest absolute Gasteiger partial charge is 0.308 e. The molecule has 2 rings (SSSR count). The van der Waals surface area contributed by atoms with Crippen LogP contribution in [0.15, 0.2) is 12.1 Å². The molecule has 1 aromatic carbocycles. The Labute approximate surface area is 158 Å². The number of hydrogen-bond acceptors (Lipinski definition) is 5. The molecule has 144 valence electrons. The largest absolute Gasteiger partial charge is 0.493 e. The van der Waals surface area contributed by atoms with E-state index >= 15 is 0 Å². The summed E-state index contributed by atoms with van der Waals surface area (Å²) in [6.07, 6.45) is 0.629. The molecule has 26 heavy (non-hydrogen) atoms. The first-order chi connectivity index (χ1) is 12.3. The molecule has 8 heteroatoms. The summed E-state index contributed by atoms with van der Waals surface area (Å²) in [6, 6.07) is 3.64. The highest BCUT2D eigenvalue weighted by molar-refractivity contribution is 6.32. The van der Waals surface area contributed by atoms with Gasteiger partial charge in [-0.25, -0.2) is 0 Å². The lowest BCUT2D eigenvalue weighted by molar-refractivity contribution is -0.141. The molecule has 0 bridgehead atoms. The summed E-state index contributed by atoms with van der Waals surface area (Å²) < 4.78 is 11.1. The molecule has 1 aromatic rings. The van der Waals surface area contributed by atoms with Crippen LogP contribution in [0.5, 0.6) is 11.5 Å². The number of methoxy groups -OCH3 is 1. The molecule has 1 amide bonds. The number of aliphatic carboxylic acids is 1. The molecular weight excluding hydrogens is 360 g/mol. The van der Waals surface area contributed by atoms with Crippen molar-refractivity contribution in [3.8, 4) is 11.5 Å². The zero-order chi connectivity index (χ0) is 19.3. The van der Waals surface area contributed by atoms with Gasteiger partial charge in [0.1, 0.15) is 6.61 Å². The summed E-state index contributed by atoms with van der Waals surface area (Å²) in [5, 5.41) is 9.50. The van der Waals surface area contributed by atoms with E-state index in [1.54, 1.807) is 18.1 Å². The molecule has 1 aliphatic heterocycles. The molecule has 0 spiro atoms. The van der Waals surface area contributed by atoms with Gasteiger partial charge in [-0.2, -0.15) is 0 Å². The number of ether oxygens (including phenoxy) is 2.